The number of nitrogens with zero attached hydrogens (tertiary/aromatic N) is 1. The molecular weight excluding hydrogens is 441 g/mol. The van der Waals surface area contributed by atoms with Gasteiger partial charge >= 0.3 is 0 Å². The third kappa shape index (κ3) is 4.84. The Balaban J connectivity index is 1.62. The fourth-order valence-corrected chi connectivity index (χ4v) is 5.92. The SMILES string of the molecule is CC1(C)CC(=O)C2=C(C1)Nc1ccccc1N(CC(=O)NC1CCCCC1)C2c1ccccc1F. The molecule has 0 bridgehead atoms. The van der Waals surface area contributed by atoms with Crippen molar-refractivity contribution in [1.29, 1.82) is 0 Å². The summed E-state index contributed by atoms with van der Waals surface area (Å²) in [5, 5.41) is 6.72. The van der Waals surface area contributed by atoms with Crippen molar-refractivity contribution in [1.82, 2.24) is 5.32 Å². The number of allylic oxidation sites excluding steroid dienone is 1. The van der Waals surface area contributed by atoms with Crippen LogP contribution in [0.4, 0.5) is 15.8 Å². The van der Waals surface area contributed by atoms with Crippen molar-refractivity contribution in [3.05, 3.63) is 71.2 Å². The molecule has 1 aliphatic heterocycles. The molecule has 184 valence electrons. The van der Waals surface area contributed by atoms with Crippen LogP contribution in [-0.2, 0) is 9.59 Å². The van der Waals surface area contributed by atoms with Gasteiger partial charge in [-0.05, 0) is 42.9 Å². The first-order valence-corrected chi connectivity index (χ1v) is 12.8. The number of Topliss-reactive ketones (excluding diaryl/α,β-unsaturated/α-hetero) is 1. The van der Waals surface area contributed by atoms with Gasteiger partial charge in [-0.2, -0.15) is 0 Å². The molecule has 0 saturated heterocycles. The Bertz CT molecular complexity index is 1170. The molecule has 1 heterocycles. The first-order valence-electron chi connectivity index (χ1n) is 12.8. The number of hydrogen-bond donors (Lipinski definition) is 2. The van der Waals surface area contributed by atoms with Crippen molar-refractivity contribution in [2.75, 3.05) is 16.8 Å². The molecule has 35 heavy (non-hydrogen) atoms. The van der Waals surface area contributed by atoms with Crippen molar-refractivity contribution in [3.8, 4) is 0 Å². The van der Waals surface area contributed by atoms with Crippen molar-refractivity contribution in [2.24, 2.45) is 5.41 Å². The molecule has 0 radical (unpaired) electrons. The Labute approximate surface area is 206 Å². The largest absolute Gasteiger partial charge is 0.357 e. The van der Waals surface area contributed by atoms with Gasteiger partial charge in [-0.25, -0.2) is 4.39 Å². The number of amides is 1. The lowest BCUT2D eigenvalue weighted by atomic mass is 9.73. The Morgan fingerprint density at radius 2 is 1.77 bits per heavy atom. The molecule has 2 aromatic carbocycles. The lowest BCUT2D eigenvalue weighted by molar-refractivity contribution is -0.121. The number of carbonyl (C=O) groups excluding carboxylic acids is 2. The van der Waals surface area contributed by atoms with Gasteiger partial charge < -0.3 is 15.5 Å². The van der Waals surface area contributed by atoms with E-state index < -0.39 is 6.04 Å². The van der Waals surface area contributed by atoms with Crippen LogP contribution in [0.5, 0.6) is 0 Å². The van der Waals surface area contributed by atoms with Gasteiger partial charge in [-0.15, -0.1) is 0 Å². The molecule has 1 fully saturated rings. The summed E-state index contributed by atoms with van der Waals surface area (Å²) in [6.07, 6.45) is 6.50. The number of halogens is 1. The average molecular weight is 476 g/mol. The highest BCUT2D eigenvalue weighted by Crippen LogP contribution is 2.48. The van der Waals surface area contributed by atoms with E-state index in [1.165, 1.54) is 12.5 Å². The summed E-state index contributed by atoms with van der Waals surface area (Å²) in [7, 11) is 0. The standard InChI is InChI=1S/C29H34FN3O2/c1-29(2)16-23-27(25(34)17-29)28(20-12-6-7-13-21(20)30)33(24-15-9-8-14-22(24)32-23)18-26(35)31-19-10-4-3-5-11-19/h6-9,12-15,19,28,32H,3-5,10-11,16-18H2,1-2H3,(H,31,35). The Morgan fingerprint density at radius 1 is 1.06 bits per heavy atom. The van der Waals surface area contributed by atoms with Crippen LogP contribution in [-0.4, -0.2) is 24.3 Å². The summed E-state index contributed by atoms with van der Waals surface area (Å²) in [6, 6.07) is 13.9. The molecule has 6 heteroatoms. The van der Waals surface area contributed by atoms with E-state index in [1.54, 1.807) is 18.2 Å². The second kappa shape index (κ2) is 9.48. The van der Waals surface area contributed by atoms with Gasteiger partial charge in [-0.1, -0.05) is 63.4 Å². The zero-order chi connectivity index (χ0) is 24.6. The van der Waals surface area contributed by atoms with Crippen LogP contribution in [0, 0.1) is 11.2 Å². The first-order chi connectivity index (χ1) is 16.8. The lowest BCUT2D eigenvalue weighted by Gasteiger charge is -2.38. The van der Waals surface area contributed by atoms with Crippen LogP contribution in [0.2, 0.25) is 0 Å². The molecule has 5 rings (SSSR count). The van der Waals surface area contributed by atoms with E-state index in [1.807, 2.05) is 29.2 Å². The molecule has 1 atom stereocenters. The molecule has 3 aliphatic rings. The zero-order valence-electron chi connectivity index (χ0n) is 20.6. The van der Waals surface area contributed by atoms with E-state index in [9.17, 15) is 9.59 Å². The van der Waals surface area contributed by atoms with Crippen LogP contribution in [0.25, 0.3) is 0 Å². The quantitative estimate of drug-likeness (QED) is 0.579. The minimum Gasteiger partial charge on any atom is -0.357 e. The highest BCUT2D eigenvalue weighted by atomic mass is 19.1. The Kier molecular flexibility index (Phi) is 6.39. The minimum absolute atomic E-state index is 0.00231. The molecule has 0 spiro atoms. The molecule has 0 aromatic heterocycles. The lowest BCUT2D eigenvalue weighted by Crippen LogP contribution is -2.45. The zero-order valence-corrected chi connectivity index (χ0v) is 20.6. The monoisotopic (exact) mass is 475 g/mol. The average Bonchev–Trinajstić information content (AvgIpc) is 2.94. The van der Waals surface area contributed by atoms with Crippen molar-refractivity contribution in [2.45, 2.75) is 70.9 Å². The molecule has 5 nitrogen and oxygen atoms in total. The summed E-state index contributed by atoms with van der Waals surface area (Å²) in [6.45, 7) is 4.21. The van der Waals surface area contributed by atoms with Crippen LogP contribution < -0.4 is 15.5 Å². The van der Waals surface area contributed by atoms with Crippen LogP contribution in [0.15, 0.2) is 59.8 Å². The number of para-hydroxylation sites is 2. The topological polar surface area (TPSA) is 61.4 Å². The number of carbonyl (C=O) groups is 2. The van der Waals surface area contributed by atoms with E-state index >= 15 is 4.39 Å². The van der Waals surface area contributed by atoms with Gasteiger partial charge in [0.25, 0.3) is 0 Å². The van der Waals surface area contributed by atoms with Crippen molar-refractivity contribution in [3.63, 3.8) is 0 Å². The number of ketones is 1. The predicted octanol–water partition coefficient (Wildman–Crippen LogP) is 5.89. The second-order valence-electron chi connectivity index (χ2n) is 10.9. The Morgan fingerprint density at radius 3 is 2.54 bits per heavy atom. The van der Waals surface area contributed by atoms with Crippen molar-refractivity contribution < 1.29 is 14.0 Å². The van der Waals surface area contributed by atoms with E-state index in [0.29, 0.717) is 24.0 Å². The number of rotatable bonds is 4. The minimum atomic E-state index is -0.692. The van der Waals surface area contributed by atoms with Crippen LogP contribution in [0.3, 0.4) is 0 Å². The smallest absolute Gasteiger partial charge is 0.239 e. The predicted molar refractivity (Wildman–Crippen MR) is 137 cm³/mol. The molecule has 2 aliphatic carbocycles. The fraction of sp³-hybridized carbons (Fsp3) is 0.448. The van der Waals surface area contributed by atoms with E-state index in [0.717, 1.165) is 42.8 Å². The maximum Gasteiger partial charge on any atom is 0.239 e. The number of benzene rings is 2. The normalized spacial score (nSPS) is 22.1. The third-order valence-corrected chi connectivity index (χ3v) is 7.49. The van der Waals surface area contributed by atoms with E-state index in [2.05, 4.69) is 24.5 Å². The van der Waals surface area contributed by atoms with Gasteiger partial charge in [0.15, 0.2) is 5.78 Å². The molecule has 1 saturated carbocycles. The van der Waals surface area contributed by atoms with Crippen LogP contribution in [0.1, 0.15) is 70.4 Å². The number of nitrogens with one attached hydrogen (secondary N) is 2. The second-order valence-corrected chi connectivity index (χ2v) is 10.9. The van der Waals surface area contributed by atoms with Gasteiger partial charge in [0.1, 0.15) is 5.82 Å². The third-order valence-electron chi connectivity index (χ3n) is 7.49. The van der Waals surface area contributed by atoms with Crippen molar-refractivity contribution >= 4 is 23.1 Å². The molecular formula is C29H34FN3O2. The number of fused-ring (bicyclic) bond motifs is 1. The first kappa shape index (κ1) is 23.6. The Hall–Kier alpha value is -3.15. The highest BCUT2D eigenvalue weighted by molar-refractivity contribution is 6.01. The molecule has 2 aromatic rings. The molecule has 1 amide bonds. The molecule has 1 unspecified atom stereocenters. The van der Waals surface area contributed by atoms with Gasteiger partial charge in [0.2, 0.25) is 5.91 Å². The summed E-state index contributed by atoms with van der Waals surface area (Å²) in [5.41, 5.74) is 3.22. The van der Waals surface area contributed by atoms with E-state index in [4.69, 9.17) is 0 Å². The maximum absolute atomic E-state index is 15.3. The van der Waals surface area contributed by atoms with Crippen LogP contribution >= 0.6 is 0 Å². The highest BCUT2D eigenvalue weighted by Gasteiger charge is 2.42. The fourth-order valence-electron chi connectivity index (χ4n) is 5.92. The number of hydrogen-bond acceptors (Lipinski definition) is 4. The summed E-state index contributed by atoms with van der Waals surface area (Å²) >= 11 is 0. The van der Waals surface area contributed by atoms with E-state index in [-0.39, 0.29) is 35.5 Å². The van der Waals surface area contributed by atoms with Gasteiger partial charge in [-0.3, -0.25) is 9.59 Å². The molecule has 2 N–H and O–H groups in total. The summed E-state index contributed by atoms with van der Waals surface area (Å²) in [4.78, 5) is 28.9. The summed E-state index contributed by atoms with van der Waals surface area (Å²) < 4.78 is 15.3. The number of anilines is 2. The maximum atomic E-state index is 15.3. The van der Waals surface area contributed by atoms with Gasteiger partial charge in [0.05, 0.1) is 24.0 Å². The summed E-state index contributed by atoms with van der Waals surface area (Å²) in [5.74, 6) is -0.470. The van der Waals surface area contributed by atoms with Gasteiger partial charge in [0, 0.05) is 29.3 Å².